The summed E-state index contributed by atoms with van der Waals surface area (Å²) in [6, 6.07) is 16.4. The lowest BCUT2D eigenvalue weighted by molar-refractivity contribution is -0.384. The Kier molecular flexibility index (Phi) is 6.38. The van der Waals surface area contributed by atoms with Crippen LogP contribution in [0.5, 0.6) is 0 Å². The quantitative estimate of drug-likeness (QED) is 0.182. The maximum atomic E-state index is 13.3. The minimum Gasteiger partial charge on any atom is -0.320 e. The summed E-state index contributed by atoms with van der Waals surface area (Å²) < 4.78 is 14.7. The zero-order valence-electron chi connectivity index (χ0n) is 16.7. The number of aromatic nitrogens is 2. The molecule has 0 bridgehead atoms. The lowest BCUT2D eigenvalue weighted by Gasteiger charge is -2.14. The molecule has 1 heterocycles. The van der Waals surface area contributed by atoms with Gasteiger partial charge in [0.15, 0.2) is 5.16 Å². The number of thioether (sulfide) groups is 1. The minimum absolute atomic E-state index is 0.137. The number of nitro groups is 1. The van der Waals surface area contributed by atoms with Crippen LogP contribution in [0.3, 0.4) is 0 Å². The Bertz CT molecular complexity index is 1460. The molecule has 33 heavy (non-hydrogen) atoms. The number of hydrogen-bond donors (Lipinski definition) is 1. The van der Waals surface area contributed by atoms with Gasteiger partial charge >= 0.3 is 0 Å². The van der Waals surface area contributed by atoms with Crippen molar-refractivity contribution in [3.8, 4) is 5.69 Å². The number of anilines is 1. The predicted octanol–water partition coefficient (Wildman–Crippen LogP) is 4.82. The highest BCUT2D eigenvalue weighted by molar-refractivity contribution is 7.99. The van der Waals surface area contributed by atoms with Crippen LogP contribution < -0.4 is 10.9 Å². The molecule has 11 heteroatoms. The summed E-state index contributed by atoms with van der Waals surface area (Å²) in [5.74, 6) is -1.61. The van der Waals surface area contributed by atoms with Crippen molar-refractivity contribution in [3.63, 3.8) is 0 Å². The predicted molar refractivity (Wildman–Crippen MR) is 125 cm³/mol. The van der Waals surface area contributed by atoms with E-state index in [0.29, 0.717) is 21.6 Å². The van der Waals surface area contributed by atoms with Crippen LogP contribution in [0.4, 0.5) is 15.8 Å². The Balaban J connectivity index is 1.67. The molecule has 0 saturated heterocycles. The van der Waals surface area contributed by atoms with Crippen molar-refractivity contribution in [1.29, 1.82) is 0 Å². The van der Waals surface area contributed by atoms with E-state index in [-0.39, 0.29) is 22.2 Å². The molecule has 8 nitrogen and oxygen atoms in total. The number of halogens is 2. The van der Waals surface area contributed by atoms with Gasteiger partial charge in [-0.25, -0.2) is 9.37 Å². The summed E-state index contributed by atoms with van der Waals surface area (Å²) in [6.45, 7) is 0. The average Bonchev–Trinajstić information content (AvgIpc) is 2.79. The molecule has 0 aliphatic rings. The van der Waals surface area contributed by atoms with Gasteiger partial charge in [0.05, 0.1) is 38.4 Å². The van der Waals surface area contributed by atoms with Gasteiger partial charge in [-0.2, -0.15) is 0 Å². The SMILES string of the molecule is O=C(CSc1nc2ccccc2c(=O)n1-c1ccccc1Cl)Nc1ccc(F)cc1[N+](=O)[O-]. The minimum atomic E-state index is -0.793. The molecule has 1 amide bonds. The Morgan fingerprint density at radius 3 is 2.64 bits per heavy atom. The number of rotatable bonds is 6. The van der Waals surface area contributed by atoms with E-state index in [0.717, 1.165) is 30.0 Å². The molecule has 3 aromatic carbocycles. The number of nitro benzene ring substituents is 1. The zero-order chi connectivity index (χ0) is 23.5. The lowest BCUT2D eigenvalue weighted by atomic mass is 10.2. The molecule has 1 aromatic heterocycles. The first-order valence-corrected chi connectivity index (χ1v) is 10.8. The van der Waals surface area contributed by atoms with Crippen LogP contribution in [0.1, 0.15) is 0 Å². The summed E-state index contributed by atoms with van der Waals surface area (Å²) >= 11 is 7.27. The van der Waals surface area contributed by atoms with Gasteiger partial charge in [-0.15, -0.1) is 0 Å². The molecular formula is C22H14ClFN4O4S. The Morgan fingerprint density at radius 1 is 1.15 bits per heavy atom. The van der Waals surface area contributed by atoms with Crippen molar-refractivity contribution in [2.75, 3.05) is 11.1 Å². The number of hydrogen-bond acceptors (Lipinski definition) is 6. The lowest BCUT2D eigenvalue weighted by Crippen LogP contribution is -2.23. The number of nitrogens with zero attached hydrogens (tertiary/aromatic N) is 3. The van der Waals surface area contributed by atoms with Crippen molar-refractivity contribution in [1.82, 2.24) is 9.55 Å². The normalized spacial score (nSPS) is 10.8. The number of carbonyl (C=O) groups is 1. The third-order valence-corrected chi connectivity index (χ3v) is 5.86. The second kappa shape index (κ2) is 9.39. The van der Waals surface area contributed by atoms with Crippen LogP contribution >= 0.6 is 23.4 Å². The Morgan fingerprint density at radius 2 is 1.88 bits per heavy atom. The average molecular weight is 485 g/mol. The van der Waals surface area contributed by atoms with E-state index in [1.54, 1.807) is 48.5 Å². The summed E-state index contributed by atoms with van der Waals surface area (Å²) in [6.07, 6.45) is 0. The molecule has 0 saturated carbocycles. The molecule has 1 N–H and O–H groups in total. The molecule has 4 rings (SSSR count). The van der Waals surface area contributed by atoms with E-state index in [1.807, 2.05) is 0 Å². The van der Waals surface area contributed by atoms with E-state index < -0.39 is 22.3 Å². The fourth-order valence-corrected chi connectivity index (χ4v) is 4.16. The maximum Gasteiger partial charge on any atom is 0.295 e. The highest BCUT2D eigenvalue weighted by Crippen LogP contribution is 2.27. The van der Waals surface area contributed by atoms with Crippen molar-refractivity contribution in [2.45, 2.75) is 5.16 Å². The fourth-order valence-electron chi connectivity index (χ4n) is 3.13. The van der Waals surface area contributed by atoms with Gasteiger partial charge in [0.1, 0.15) is 11.5 Å². The number of para-hydroxylation sites is 2. The molecule has 0 atom stereocenters. The molecule has 0 fully saturated rings. The Hall–Kier alpha value is -3.76. The van der Waals surface area contributed by atoms with Crippen molar-refractivity contribution < 1.29 is 14.1 Å². The van der Waals surface area contributed by atoms with E-state index in [9.17, 15) is 24.1 Å². The molecule has 4 aromatic rings. The van der Waals surface area contributed by atoms with E-state index in [1.165, 1.54) is 4.57 Å². The molecule has 0 unspecified atom stereocenters. The summed E-state index contributed by atoms with van der Waals surface area (Å²) in [5.41, 5.74) is -0.208. The number of benzene rings is 3. The van der Waals surface area contributed by atoms with Crippen LogP contribution in [0.25, 0.3) is 16.6 Å². The van der Waals surface area contributed by atoms with Gasteiger partial charge in [-0.3, -0.25) is 24.3 Å². The highest BCUT2D eigenvalue weighted by atomic mass is 35.5. The van der Waals surface area contributed by atoms with Crippen LogP contribution in [-0.2, 0) is 4.79 Å². The second-order valence-corrected chi connectivity index (χ2v) is 8.11. The molecule has 0 aliphatic heterocycles. The van der Waals surface area contributed by atoms with Crippen molar-refractivity contribution in [2.24, 2.45) is 0 Å². The summed E-state index contributed by atoms with van der Waals surface area (Å²) in [4.78, 5) is 40.6. The highest BCUT2D eigenvalue weighted by Gasteiger charge is 2.19. The van der Waals surface area contributed by atoms with E-state index in [2.05, 4.69) is 10.3 Å². The van der Waals surface area contributed by atoms with E-state index >= 15 is 0 Å². The van der Waals surface area contributed by atoms with Gasteiger partial charge in [0, 0.05) is 0 Å². The number of carbonyl (C=O) groups excluding carboxylic acids is 1. The maximum absolute atomic E-state index is 13.3. The third kappa shape index (κ3) is 4.71. The first-order chi connectivity index (χ1) is 15.8. The van der Waals surface area contributed by atoms with Gasteiger partial charge in [-0.05, 0) is 36.4 Å². The first kappa shape index (κ1) is 22.4. The van der Waals surface area contributed by atoms with Crippen LogP contribution in [0.15, 0.2) is 76.7 Å². The molecule has 166 valence electrons. The zero-order valence-corrected chi connectivity index (χ0v) is 18.3. The van der Waals surface area contributed by atoms with Gasteiger partial charge in [0.25, 0.3) is 11.2 Å². The second-order valence-electron chi connectivity index (χ2n) is 6.76. The monoisotopic (exact) mass is 484 g/mol. The topological polar surface area (TPSA) is 107 Å². The molecule has 0 spiro atoms. The van der Waals surface area contributed by atoms with Gasteiger partial charge < -0.3 is 5.32 Å². The van der Waals surface area contributed by atoms with Crippen LogP contribution in [0, 0.1) is 15.9 Å². The number of amides is 1. The van der Waals surface area contributed by atoms with Crippen LogP contribution in [0.2, 0.25) is 5.02 Å². The van der Waals surface area contributed by atoms with Crippen LogP contribution in [-0.4, -0.2) is 26.1 Å². The fraction of sp³-hybridized carbons (Fsp3) is 0.0455. The largest absolute Gasteiger partial charge is 0.320 e. The third-order valence-electron chi connectivity index (χ3n) is 4.60. The Labute approximate surface area is 195 Å². The van der Waals surface area contributed by atoms with Crippen molar-refractivity contribution >= 4 is 51.5 Å². The van der Waals surface area contributed by atoms with Gasteiger partial charge in [-0.1, -0.05) is 47.6 Å². The number of nitrogens with one attached hydrogen (secondary N) is 1. The van der Waals surface area contributed by atoms with Crippen molar-refractivity contribution in [3.05, 3.63) is 98.0 Å². The summed E-state index contributed by atoms with van der Waals surface area (Å²) in [5, 5.41) is 14.5. The molecule has 0 radical (unpaired) electrons. The standard InChI is InChI=1S/C22H14ClFN4O4S/c23-15-6-2-4-8-18(15)27-21(30)14-5-1-3-7-16(14)26-22(27)33-12-20(29)25-17-10-9-13(24)11-19(17)28(31)32/h1-11H,12H2,(H,25,29). The van der Waals surface area contributed by atoms with E-state index in [4.69, 9.17) is 11.6 Å². The first-order valence-electron chi connectivity index (χ1n) is 9.48. The molecular weight excluding hydrogens is 471 g/mol. The summed E-state index contributed by atoms with van der Waals surface area (Å²) in [7, 11) is 0. The number of fused-ring (bicyclic) bond motifs is 1. The smallest absolute Gasteiger partial charge is 0.295 e. The van der Waals surface area contributed by atoms with Gasteiger partial charge in [0.2, 0.25) is 5.91 Å². The molecule has 0 aliphatic carbocycles.